The summed E-state index contributed by atoms with van der Waals surface area (Å²) in [5.74, 6) is 0.731. The van der Waals surface area contributed by atoms with Crippen LogP contribution < -0.4 is 0 Å². The SMILES string of the molecule is O=C1S/C(=C\c2ccc3noc(-c4ccccc4)c3c2)C(=S)N1Cc1ccccc1. The summed E-state index contributed by atoms with van der Waals surface area (Å²) in [5.41, 5.74) is 3.76. The monoisotopic (exact) mass is 428 g/mol. The summed E-state index contributed by atoms with van der Waals surface area (Å²) in [4.78, 5) is 15.5. The molecule has 1 aliphatic rings. The third kappa shape index (κ3) is 3.56. The maximum atomic E-state index is 12.5. The van der Waals surface area contributed by atoms with Crippen molar-refractivity contribution in [2.75, 3.05) is 0 Å². The summed E-state index contributed by atoms with van der Waals surface area (Å²) < 4.78 is 5.58. The van der Waals surface area contributed by atoms with Crippen LogP contribution in [0.1, 0.15) is 11.1 Å². The zero-order valence-electron chi connectivity index (χ0n) is 15.8. The minimum Gasteiger partial charge on any atom is -0.355 e. The number of fused-ring (bicyclic) bond motifs is 1. The minimum absolute atomic E-state index is 0.0499. The van der Waals surface area contributed by atoms with Gasteiger partial charge in [-0.3, -0.25) is 9.69 Å². The van der Waals surface area contributed by atoms with Gasteiger partial charge in [-0.2, -0.15) is 0 Å². The van der Waals surface area contributed by atoms with Gasteiger partial charge in [-0.15, -0.1) is 0 Å². The molecule has 5 rings (SSSR count). The average Bonchev–Trinajstić information content (AvgIpc) is 3.31. The average molecular weight is 429 g/mol. The van der Waals surface area contributed by atoms with Crippen molar-refractivity contribution in [2.45, 2.75) is 6.54 Å². The van der Waals surface area contributed by atoms with E-state index in [1.54, 1.807) is 4.90 Å². The third-order valence-corrected chi connectivity index (χ3v) is 6.39. The van der Waals surface area contributed by atoms with E-state index in [1.807, 2.05) is 84.9 Å². The van der Waals surface area contributed by atoms with Crippen LogP contribution in [0.3, 0.4) is 0 Å². The van der Waals surface area contributed by atoms with Gasteiger partial charge >= 0.3 is 0 Å². The van der Waals surface area contributed by atoms with Crippen LogP contribution in [-0.4, -0.2) is 20.3 Å². The molecule has 6 heteroatoms. The summed E-state index contributed by atoms with van der Waals surface area (Å²) in [6.45, 7) is 0.478. The van der Waals surface area contributed by atoms with E-state index in [1.165, 1.54) is 11.8 Å². The van der Waals surface area contributed by atoms with Gasteiger partial charge in [0.05, 0.1) is 16.8 Å². The standard InChI is InChI=1S/C24H16N2O2S2/c27-24-26(15-16-7-3-1-4-8-16)23(29)21(30-24)14-17-11-12-20-19(13-17)22(28-25-20)18-9-5-2-6-10-18/h1-14H,15H2/b21-14-. The molecule has 0 radical (unpaired) electrons. The smallest absolute Gasteiger partial charge is 0.291 e. The maximum absolute atomic E-state index is 12.5. The number of benzene rings is 3. The largest absolute Gasteiger partial charge is 0.355 e. The molecule has 3 aromatic carbocycles. The van der Waals surface area contributed by atoms with Gasteiger partial charge in [0.15, 0.2) is 5.76 Å². The van der Waals surface area contributed by atoms with E-state index in [0.717, 1.165) is 38.3 Å². The number of thioether (sulfide) groups is 1. The Morgan fingerprint density at radius 1 is 1.00 bits per heavy atom. The highest BCUT2D eigenvalue weighted by atomic mass is 32.2. The number of amides is 1. The Hall–Kier alpha value is -3.22. The van der Waals surface area contributed by atoms with Gasteiger partial charge in [0, 0.05) is 5.56 Å². The molecule has 0 bridgehead atoms. The van der Waals surface area contributed by atoms with Gasteiger partial charge in [0.25, 0.3) is 5.24 Å². The quantitative estimate of drug-likeness (QED) is 0.273. The lowest BCUT2D eigenvalue weighted by Crippen LogP contribution is -2.26. The van der Waals surface area contributed by atoms with Crippen LogP contribution in [0.5, 0.6) is 0 Å². The summed E-state index contributed by atoms with van der Waals surface area (Å²) in [6, 6.07) is 25.7. The van der Waals surface area contributed by atoms with Crippen LogP contribution in [0.4, 0.5) is 4.79 Å². The van der Waals surface area contributed by atoms with Crippen molar-refractivity contribution in [3.8, 4) is 11.3 Å². The van der Waals surface area contributed by atoms with Crippen molar-refractivity contribution in [1.82, 2.24) is 10.1 Å². The number of hydrogen-bond donors (Lipinski definition) is 0. The van der Waals surface area contributed by atoms with Crippen molar-refractivity contribution in [3.05, 3.63) is 94.9 Å². The predicted octanol–water partition coefficient (Wildman–Crippen LogP) is 6.53. The molecule has 0 saturated carbocycles. The zero-order valence-corrected chi connectivity index (χ0v) is 17.5. The van der Waals surface area contributed by atoms with Gasteiger partial charge in [-0.1, -0.05) is 84.1 Å². The van der Waals surface area contributed by atoms with E-state index in [4.69, 9.17) is 16.7 Å². The summed E-state index contributed by atoms with van der Waals surface area (Å²) in [5, 5.41) is 5.04. The molecule has 0 atom stereocenters. The fraction of sp³-hybridized carbons (Fsp3) is 0.0417. The maximum Gasteiger partial charge on any atom is 0.291 e. The van der Waals surface area contributed by atoms with Crippen LogP contribution in [-0.2, 0) is 6.54 Å². The van der Waals surface area contributed by atoms with Crippen LogP contribution in [0, 0.1) is 0 Å². The molecule has 1 aliphatic heterocycles. The third-order valence-electron chi connectivity index (χ3n) is 4.89. The lowest BCUT2D eigenvalue weighted by molar-refractivity contribution is 0.244. The van der Waals surface area contributed by atoms with Crippen LogP contribution in [0.15, 0.2) is 88.3 Å². The summed E-state index contributed by atoms with van der Waals surface area (Å²) in [6.07, 6.45) is 1.96. The second-order valence-corrected chi connectivity index (χ2v) is 8.29. The Kier molecular flexibility index (Phi) is 4.94. The molecule has 1 fully saturated rings. The lowest BCUT2D eigenvalue weighted by atomic mass is 10.1. The topological polar surface area (TPSA) is 46.3 Å². The fourth-order valence-corrected chi connectivity index (χ4v) is 4.64. The molecule has 0 unspecified atom stereocenters. The normalized spacial score (nSPS) is 15.5. The highest BCUT2D eigenvalue weighted by Crippen LogP contribution is 2.35. The number of aromatic nitrogens is 1. The molecule has 0 aliphatic carbocycles. The molecule has 2 heterocycles. The molecule has 1 saturated heterocycles. The molecular formula is C24H16N2O2S2. The van der Waals surface area contributed by atoms with E-state index < -0.39 is 0 Å². The number of nitrogens with zero attached hydrogens (tertiary/aromatic N) is 2. The summed E-state index contributed by atoms with van der Waals surface area (Å²) >= 11 is 6.78. The first-order valence-electron chi connectivity index (χ1n) is 9.43. The van der Waals surface area contributed by atoms with Crippen LogP contribution >= 0.6 is 24.0 Å². The molecule has 1 aromatic heterocycles. The highest BCUT2D eigenvalue weighted by molar-refractivity contribution is 8.19. The molecule has 0 N–H and O–H groups in total. The van der Waals surface area contributed by atoms with E-state index in [9.17, 15) is 4.79 Å². The minimum atomic E-state index is -0.0499. The number of rotatable bonds is 4. The van der Waals surface area contributed by atoms with Crippen LogP contribution in [0.25, 0.3) is 28.3 Å². The van der Waals surface area contributed by atoms with Gasteiger partial charge in [0.2, 0.25) is 0 Å². The van der Waals surface area contributed by atoms with E-state index >= 15 is 0 Å². The second-order valence-electron chi connectivity index (χ2n) is 6.91. The Bertz CT molecular complexity index is 1280. The number of carbonyl (C=O) groups is 1. The molecule has 4 nitrogen and oxygen atoms in total. The van der Waals surface area contributed by atoms with Crippen molar-refractivity contribution >= 4 is 51.2 Å². The van der Waals surface area contributed by atoms with E-state index in [-0.39, 0.29) is 5.24 Å². The molecule has 4 aromatic rings. The number of hydrogen-bond acceptors (Lipinski definition) is 5. The molecule has 0 spiro atoms. The molecule has 1 amide bonds. The highest BCUT2D eigenvalue weighted by Gasteiger charge is 2.31. The van der Waals surface area contributed by atoms with Crippen molar-refractivity contribution in [3.63, 3.8) is 0 Å². The first kappa shape index (κ1) is 18.8. The van der Waals surface area contributed by atoms with E-state index in [2.05, 4.69) is 5.16 Å². The first-order valence-corrected chi connectivity index (χ1v) is 10.7. The fourth-order valence-electron chi connectivity index (χ4n) is 3.40. The Morgan fingerprint density at radius 2 is 1.73 bits per heavy atom. The number of thiocarbonyl (C=S) groups is 1. The second kappa shape index (κ2) is 7.89. The van der Waals surface area contributed by atoms with E-state index in [0.29, 0.717) is 11.5 Å². The molecule has 30 heavy (non-hydrogen) atoms. The Labute approximate surface area is 183 Å². The summed E-state index contributed by atoms with van der Waals surface area (Å²) in [7, 11) is 0. The van der Waals surface area contributed by atoms with Crippen LogP contribution in [0.2, 0.25) is 0 Å². The van der Waals surface area contributed by atoms with Gasteiger partial charge in [0.1, 0.15) is 10.5 Å². The van der Waals surface area contributed by atoms with Gasteiger partial charge < -0.3 is 4.52 Å². The number of carbonyl (C=O) groups excluding carboxylic acids is 1. The predicted molar refractivity (Wildman–Crippen MR) is 125 cm³/mol. The first-order chi connectivity index (χ1) is 14.7. The zero-order chi connectivity index (χ0) is 20.5. The van der Waals surface area contributed by atoms with Crippen molar-refractivity contribution in [1.29, 1.82) is 0 Å². The Morgan fingerprint density at radius 3 is 2.50 bits per heavy atom. The van der Waals surface area contributed by atoms with Gasteiger partial charge in [-0.05, 0) is 41.1 Å². The Balaban J connectivity index is 1.46. The van der Waals surface area contributed by atoms with Crippen molar-refractivity contribution < 1.29 is 9.32 Å². The van der Waals surface area contributed by atoms with Crippen molar-refractivity contribution in [2.24, 2.45) is 0 Å². The van der Waals surface area contributed by atoms with Gasteiger partial charge in [-0.25, -0.2) is 0 Å². The lowest BCUT2D eigenvalue weighted by Gasteiger charge is -2.14. The molecular weight excluding hydrogens is 412 g/mol. The molecule has 146 valence electrons.